The van der Waals surface area contributed by atoms with E-state index in [4.69, 9.17) is 11.5 Å². The summed E-state index contributed by atoms with van der Waals surface area (Å²) in [4.78, 5) is 4.12. The second-order valence-electron chi connectivity index (χ2n) is 6.69. The highest BCUT2D eigenvalue weighted by atomic mass is 15.5. The minimum atomic E-state index is 0.220. The van der Waals surface area contributed by atoms with Gasteiger partial charge in [-0.05, 0) is 5.92 Å². The quantitative estimate of drug-likeness (QED) is 0.398. The van der Waals surface area contributed by atoms with Crippen molar-refractivity contribution in [3.8, 4) is 0 Å². The molecule has 3 rings (SSSR count). The summed E-state index contributed by atoms with van der Waals surface area (Å²) >= 11 is 0. The number of rotatable bonds is 5. The summed E-state index contributed by atoms with van der Waals surface area (Å²) in [5, 5.41) is 0. The van der Waals surface area contributed by atoms with Gasteiger partial charge in [0.2, 0.25) is 0 Å². The van der Waals surface area contributed by atoms with Crippen molar-refractivity contribution in [2.45, 2.75) is 13.3 Å². The zero-order chi connectivity index (χ0) is 13.2. The van der Waals surface area contributed by atoms with Crippen LogP contribution in [0.1, 0.15) is 13.3 Å². The lowest BCUT2D eigenvalue weighted by atomic mass is 10.0. The van der Waals surface area contributed by atoms with E-state index in [-0.39, 0.29) is 5.96 Å². The van der Waals surface area contributed by atoms with Crippen LogP contribution >= 0.6 is 0 Å². The van der Waals surface area contributed by atoms with Crippen LogP contribution in [0.3, 0.4) is 0 Å². The fraction of sp³-hybridized carbons (Fsp3) is 0.923. The van der Waals surface area contributed by atoms with Crippen molar-refractivity contribution in [3.63, 3.8) is 0 Å². The number of nitrogens with zero attached hydrogens (tertiary/aromatic N) is 3. The minimum Gasteiger partial charge on any atom is -0.370 e. The van der Waals surface area contributed by atoms with Crippen molar-refractivity contribution in [1.29, 1.82) is 0 Å². The van der Waals surface area contributed by atoms with Crippen molar-refractivity contribution in [1.82, 2.24) is 0 Å². The number of fused-ring (bicyclic) bond motifs is 3. The first-order valence-corrected chi connectivity index (χ1v) is 7.17. The topological polar surface area (TPSA) is 64.4 Å². The van der Waals surface area contributed by atoms with E-state index in [9.17, 15) is 0 Å². The Labute approximate surface area is 111 Å². The Balaban J connectivity index is 1.78. The molecule has 0 aliphatic carbocycles. The van der Waals surface area contributed by atoms with Crippen LogP contribution in [0.25, 0.3) is 0 Å². The smallest absolute Gasteiger partial charge is 0.185 e. The summed E-state index contributed by atoms with van der Waals surface area (Å²) in [5.41, 5.74) is 10.7. The highest BCUT2D eigenvalue weighted by molar-refractivity contribution is 5.75. The third-order valence-electron chi connectivity index (χ3n) is 5.02. The van der Waals surface area contributed by atoms with E-state index in [1.54, 1.807) is 0 Å². The molecule has 3 aliphatic heterocycles. The molecule has 5 heteroatoms. The van der Waals surface area contributed by atoms with Gasteiger partial charge in [0.05, 0.1) is 13.6 Å². The third kappa shape index (κ3) is 3.14. The van der Waals surface area contributed by atoms with E-state index < -0.39 is 0 Å². The molecule has 4 N–H and O–H groups in total. The van der Waals surface area contributed by atoms with Crippen molar-refractivity contribution in [2.24, 2.45) is 22.4 Å². The summed E-state index contributed by atoms with van der Waals surface area (Å²) in [6.07, 6.45) is 1.24. The monoisotopic (exact) mass is 255 g/mol. The maximum atomic E-state index is 5.37. The van der Waals surface area contributed by atoms with E-state index in [1.165, 1.54) is 61.2 Å². The molecule has 0 aromatic rings. The van der Waals surface area contributed by atoms with Gasteiger partial charge in [0.15, 0.2) is 5.96 Å². The van der Waals surface area contributed by atoms with Crippen LogP contribution in [0.15, 0.2) is 4.99 Å². The molecule has 0 spiro atoms. The van der Waals surface area contributed by atoms with Gasteiger partial charge in [0.1, 0.15) is 39.3 Å². The number of likely N-dealkylation sites (N-methyl/N-ethyl adjacent to an activating group) is 1. The SMILES string of the molecule is CC(CC[N+]12CC[N+](C)(CC1)CC2)CN=C(N)N. The molecule has 3 fully saturated rings. The summed E-state index contributed by atoms with van der Waals surface area (Å²) in [6.45, 7) is 12.5. The molecule has 1 unspecified atom stereocenters. The molecule has 0 amide bonds. The Bertz CT molecular complexity index is 297. The molecule has 0 saturated carbocycles. The summed E-state index contributed by atoms with van der Waals surface area (Å²) in [6, 6.07) is 0. The molecule has 5 nitrogen and oxygen atoms in total. The minimum absolute atomic E-state index is 0.220. The van der Waals surface area contributed by atoms with Crippen LogP contribution in [0, 0.1) is 5.92 Å². The summed E-state index contributed by atoms with van der Waals surface area (Å²) < 4.78 is 2.66. The molecule has 0 aromatic carbocycles. The van der Waals surface area contributed by atoms with Gasteiger partial charge in [0, 0.05) is 13.0 Å². The van der Waals surface area contributed by atoms with E-state index in [1.807, 2.05) is 0 Å². The molecule has 3 aliphatic rings. The number of hydrogen-bond donors (Lipinski definition) is 2. The molecule has 3 saturated heterocycles. The van der Waals surface area contributed by atoms with Crippen LogP contribution in [-0.4, -0.2) is 74.3 Å². The molecule has 18 heavy (non-hydrogen) atoms. The van der Waals surface area contributed by atoms with Gasteiger partial charge < -0.3 is 20.4 Å². The number of nitrogens with two attached hydrogens (primary N) is 2. The molecular weight excluding hydrogens is 226 g/mol. The van der Waals surface area contributed by atoms with Crippen LogP contribution in [0.4, 0.5) is 0 Å². The van der Waals surface area contributed by atoms with Crippen molar-refractivity contribution >= 4 is 5.96 Å². The van der Waals surface area contributed by atoms with E-state index >= 15 is 0 Å². The van der Waals surface area contributed by atoms with Crippen LogP contribution < -0.4 is 11.5 Å². The fourth-order valence-corrected chi connectivity index (χ4v) is 3.21. The number of guanidine groups is 1. The van der Waals surface area contributed by atoms with Crippen LogP contribution in [0.2, 0.25) is 0 Å². The molecular formula is C13H29N5+2. The molecule has 0 radical (unpaired) electrons. The van der Waals surface area contributed by atoms with Crippen LogP contribution in [-0.2, 0) is 0 Å². The largest absolute Gasteiger partial charge is 0.370 e. The summed E-state index contributed by atoms with van der Waals surface area (Å²) in [7, 11) is 2.41. The lowest BCUT2D eigenvalue weighted by Crippen LogP contribution is -2.73. The van der Waals surface area contributed by atoms with Gasteiger partial charge in [0.25, 0.3) is 0 Å². The van der Waals surface area contributed by atoms with E-state index in [0.717, 1.165) is 6.54 Å². The zero-order valence-electron chi connectivity index (χ0n) is 11.9. The van der Waals surface area contributed by atoms with Crippen molar-refractivity contribution in [2.75, 3.05) is 59.4 Å². The van der Waals surface area contributed by atoms with Gasteiger partial charge in [-0.1, -0.05) is 6.92 Å². The van der Waals surface area contributed by atoms with Gasteiger partial charge in [-0.2, -0.15) is 0 Å². The first kappa shape index (κ1) is 13.6. The van der Waals surface area contributed by atoms with Gasteiger partial charge >= 0.3 is 0 Å². The standard InChI is InChI=1S/C13H29N5/c1-12(11-16-13(14)15)3-4-18-8-5-17(2,6-9-18)7-10-18/h12H,3-11H2,1-2H3,(H4,14,15,16)/q+2. The first-order chi connectivity index (χ1) is 8.43. The Morgan fingerprint density at radius 1 is 1.11 bits per heavy atom. The van der Waals surface area contributed by atoms with E-state index in [2.05, 4.69) is 19.0 Å². The maximum Gasteiger partial charge on any atom is 0.185 e. The molecule has 1 atom stereocenters. The second-order valence-corrected chi connectivity index (χ2v) is 6.69. The molecule has 0 aromatic heterocycles. The van der Waals surface area contributed by atoms with Crippen LogP contribution in [0.5, 0.6) is 0 Å². The molecule has 2 bridgehead atoms. The Kier molecular flexibility index (Phi) is 3.82. The first-order valence-electron chi connectivity index (χ1n) is 7.17. The lowest BCUT2D eigenvalue weighted by molar-refractivity contribution is -1.07. The predicted octanol–water partition coefficient (Wildman–Crippen LogP) is -0.423. The van der Waals surface area contributed by atoms with Crippen molar-refractivity contribution in [3.05, 3.63) is 0 Å². The van der Waals surface area contributed by atoms with Gasteiger partial charge in [-0.25, -0.2) is 0 Å². The third-order valence-corrected chi connectivity index (χ3v) is 5.02. The zero-order valence-corrected chi connectivity index (χ0v) is 11.9. The Hall–Kier alpha value is -0.810. The highest BCUT2D eigenvalue weighted by Gasteiger charge is 2.46. The maximum absolute atomic E-state index is 5.37. The number of aliphatic imine (C=N–C) groups is 1. The normalized spacial score (nSPS) is 36.3. The summed E-state index contributed by atoms with van der Waals surface area (Å²) in [5.74, 6) is 0.808. The molecule has 104 valence electrons. The number of hydrogen-bond acceptors (Lipinski definition) is 1. The number of piperazine rings is 3. The van der Waals surface area contributed by atoms with Gasteiger partial charge in [-0.15, -0.1) is 0 Å². The second kappa shape index (κ2) is 5.05. The van der Waals surface area contributed by atoms with Crippen molar-refractivity contribution < 1.29 is 8.97 Å². The number of quaternary nitrogens is 2. The average molecular weight is 255 g/mol. The van der Waals surface area contributed by atoms with E-state index in [0.29, 0.717) is 5.92 Å². The lowest BCUT2D eigenvalue weighted by Gasteiger charge is -2.54. The Morgan fingerprint density at radius 2 is 1.67 bits per heavy atom. The fourth-order valence-electron chi connectivity index (χ4n) is 3.21. The van der Waals surface area contributed by atoms with Gasteiger partial charge in [-0.3, -0.25) is 4.99 Å². The average Bonchev–Trinajstić information content (AvgIpc) is 2.36. The predicted molar refractivity (Wildman–Crippen MR) is 75.0 cm³/mol. The Morgan fingerprint density at radius 3 is 2.17 bits per heavy atom. The molecule has 3 heterocycles. The highest BCUT2D eigenvalue weighted by Crippen LogP contribution is 2.25.